The molecule has 0 aliphatic carbocycles. The molecule has 0 bridgehead atoms. The van der Waals surface area contributed by atoms with E-state index in [-0.39, 0.29) is 1.43 Å². The zero-order valence-electron chi connectivity index (χ0n) is 5.86. The Hall–Kier alpha value is 0.503. The molecule has 0 aromatic carbocycles. The largest absolute Gasteiger partial charge is 1.00 e. The molecule has 6 heavy (non-hydrogen) atoms. The molecule has 0 fully saturated rings. The minimum atomic E-state index is 0. The zero-order chi connectivity index (χ0) is 4.99. The molecule has 0 radical (unpaired) electrons. The second-order valence-electron chi connectivity index (χ2n) is 1.49. The second-order valence-corrected chi connectivity index (χ2v) is 4.14. The van der Waals surface area contributed by atoms with Crippen molar-refractivity contribution < 1.29 is 1.43 Å². The van der Waals surface area contributed by atoms with Crippen molar-refractivity contribution in [2.45, 2.75) is 13.8 Å². The van der Waals surface area contributed by atoms with Gasteiger partial charge in [-0.05, 0) is 0 Å². The summed E-state index contributed by atoms with van der Waals surface area (Å²) in [6.45, 7) is 6.90. The molecule has 0 unspecified atom stereocenters. The molecule has 0 heterocycles. The second kappa shape index (κ2) is 3.68. The summed E-state index contributed by atoms with van der Waals surface area (Å²) in [4.78, 5) is 0. The van der Waals surface area contributed by atoms with E-state index in [2.05, 4.69) is 17.7 Å². The van der Waals surface area contributed by atoms with Crippen LogP contribution in [0.25, 0.3) is 0 Å². The van der Waals surface area contributed by atoms with Crippen molar-refractivity contribution in [1.82, 2.24) is 3.86 Å². The van der Waals surface area contributed by atoms with E-state index in [0.717, 1.165) is 16.7 Å². The Balaban J connectivity index is 0. The first kappa shape index (κ1) is 6.50. The van der Waals surface area contributed by atoms with Crippen LogP contribution in [-0.4, -0.2) is 33.7 Å². The van der Waals surface area contributed by atoms with Crippen molar-refractivity contribution in [3.8, 4) is 0 Å². The van der Waals surface area contributed by atoms with Gasteiger partial charge in [-0.1, -0.05) is 0 Å². The number of hydrogen-bond acceptors (Lipinski definition) is 1. The van der Waals surface area contributed by atoms with E-state index in [1.165, 1.54) is 13.1 Å². The van der Waals surface area contributed by atoms with Crippen LogP contribution >= 0.6 is 0 Å². The maximum absolute atomic E-state index is 2.44. The van der Waals surface area contributed by atoms with Crippen LogP contribution in [0.5, 0.6) is 0 Å². The van der Waals surface area contributed by atoms with Crippen molar-refractivity contribution in [2.75, 3.05) is 13.1 Å². The van der Waals surface area contributed by atoms with Gasteiger partial charge in [-0.3, -0.25) is 0 Å². The van der Waals surface area contributed by atoms with E-state index >= 15 is 0 Å². The van der Waals surface area contributed by atoms with Crippen LogP contribution in [-0.2, 0) is 0 Å². The van der Waals surface area contributed by atoms with Crippen LogP contribution in [0.3, 0.4) is 0 Å². The van der Waals surface area contributed by atoms with Crippen molar-refractivity contribution in [2.24, 2.45) is 0 Å². The summed E-state index contributed by atoms with van der Waals surface area (Å²) < 4.78 is 2.44. The average Bonchev–Trinajstić information content (AvgIpc) is 1.65. The Labute approximate surface area is 49.6 Å². The number of hydrogen-bond donors (Lipinski definition) is 0. The topological polar surface area (TPSA) is 3.24 Å². The molecule has 0 N–H and O–H groups in total. The van der Waals surface area contributed by atoms with Gasteiger partial charge in [-0.2, -0.15) is 0 Å². The van der Waals surface area contributed by atoms with Gasteiger partial charge in [0, 0.05) is 0 Å². The van der Waals surface area contributed by atoms with E-state index in [9.17, 15) is 0 Å². The quantitative estimate of drug-likeness (QED) is 0.488. The molecule has 40 valence electrons. The molecule has 2 heteroatoms. The monoisotopic (exact) mass is 150 g/mol. The third-order valence-corrected chi connectivity index (χ3v) is 3.73. The first-order chi connectivity index (χ1) is 2.81. The zero-order valence-corrected chi connectivity index (χ0v) is 9.06. The van der Waals surface area contributed by atoms with Crippen molar-refractivity contribution >= 4 is 16.7 Å². The Morgan fingerprint density at radius 2 is 1.83 bits per heavy atom. The van der Waals surface area contributed by atoms with Crippen LogP contribution in [0.2, 0.25) is 0 Å². The van der Waals surface area contributed by atoms with Gasteiger partial charge in [0.25, 0.3) is 0 Å². The molecule has 0 aliphatic rings. The summed E-state index contributed by atoms with van der Waals surface area (Å²) in [5, 5.41) is 0. The molecule has 0 amide bonds. The molecule has 0 aromatic heterocycles. The first-order valence-electron chi connectivity index (χ1n) is 2.49. The number of rotatable bonds is 2. The SMILES string of the molecule is CC[N]([GeH3])CC.[H-]. The summed E-state index contributed by atoms with van der Waals surface area (Å²) in [5.41, 5.74) is 0. The van der Waals surface area contributed by atoms with Crippen LogP contribution < -0.4 is 0 Å². The minimum Gasteiger partial charge on any atom is -1.00 e. The predicted molar refractivity (Wildman–Crippen MR) is 34.0 cm³/mol. The Bertz CT molecular complexity index is 30.9. The average molecular weight is 149 g/mol. The van der Waals surface area contributed by atoms with Gasteiger partial charge in [-0.15, -0.1) is 0 Å². The van der Waals surface area contributed by atoms with Gasteiger partial charge in [0.2, 0.25) is 0 Å². The van der Waals surface area contributed by atoms with Crippen molar-refractivity contribution in [3.05, 3.63) is 0 Å². The molecule has 0 atom stereocenters. The van der Waals surface area contributed by atoms with Crippen LogP contribution in [0.4, 0.5) is 0 Å². The van der Waals surface area contributed by atoms with E-state index in [0.29, 0.717) is 0 Å². The van der Waals surface area contributed by atoms with Crippen LogP contribution in [0.1, 0.15) is 15.3 Å². The minimum absolute atomic E-state index is 0. The van der Waals surface area contributed by atoms with E-state index in [1.54, 1.807) is 0 Å². The molecule has 0 rings (SSSR count). The molecular weight excluding hydrogens is 135 g/mol. The predicted octanol–water partition coefficient (Wildman–Crippen LogP) is -0.279. The molecule has 0 saturated heterocycles. The summed E-state index contributed by atoms with van der Waals surface area (Å²) in [6.07, 6.45) is 0. The summed E-state index contributed by atoms with van der Waals surface area (Å²) in [7, 11) is 0. The molecule has 0 spiro atoms. The number of nitrogens with zero attached hydrogens (tertiary/aromatic N) is 1. The summed E-state index contributed by atoms with van der Waals surface area (Å²) in [5.74, 6) is 0. The maximum Gasteiger partial charge on any atom is -1.00 e. The third kappa shape index (κ3) is 2.72. The van der Waals surface area contributed by atoms with E-state index in [1.807, 2.05) is 0 Å². The molecule has 1 nitrogen and oxygen atoms in total. The maximum atomic E-state index is 2.44. The van der Waals surface area contributed by atoms with Gasteiger partial charge in [0.15, 0.2) is 0 Å². The standard InChI is InChI=1S/C4H13GeN.H/c1-3-6(5)4-2;/h3-4H2,1-2,5H3;/q;-1. The van der Waals surface area contributed by atoms with Gasteiger partial charge in [0.05, 0.1) is 0 Å². The summed E-state index contributed by atoms with van der Waals surface area (Å²) in [6, 6.07) is 0. The van der Waals surface area contributed by atoms with Crippen LogP contribution in [0, 0.1) is 0 Å². The smallest absolute Gasteiger partial charge is 1.00 e. The van der Waals surface area contributed by atoms with Crippen molar-refractivity contribution in [3.63, 3.8) is 0 Å². The Kier molecular flexibility index (Phi) is 3.99. The molecule has 0 aromatic rings. The van der Waals surface area contributed by atoms with E-state index < -0.39 is 0 Å². The molecule has 0 aliphatic heterocycles. The Morgan fingerprint density at radius 1 is 1.50 bits per heavy atom. The molecular formula is C4H14GeN-. The summed E-state index contributed by atoms with van der Waals surface area (Å²) >= 11 is 0.913. The van der Waals surface area contributed by atoms with Gasteiger partial charge in [-0.25, -0.2) is 0 Å². The Morgan fingerprint density at radius 3 is 1.83 bits per heavy atom. The molecule has 0 saturated carbocycles. The van der Waals surface area contributed by atoms with Gasteiger partial charge in [0.1, 0.15) is 0 Å². The first-order valence-corrected chi connectivity index (χ1v) is 4.37. The third-order valence-electron chi connectivity index (χ3n) is 1.08. The van der Waals surface area contributed by atoms with E-state index in [4.69, 9.17) is 0 Å². The van der Waals surface area contributed by atoms with Gasteiger partial charge < -0.3 is 1.43 Å². The normalized spacial score (nSPS) is 10.5. The van der Waals surface area contributed by atoms with Crippen molar-refractivity contribution in [1.29, 1.82) is 0 Å². The fourth-order valence-corrected chi connectivity index (χ4v) is 0.224. The fourth-order valence-electron chi connectivity index (χ4n) is 0.224. The van der Waals surface area contributed by atoms with Gasteiger partial charge >= 0.3 is 47.5 Å². The fraction of sp³-hybridized carbons (Fsp3) is 1.00. The van der Waals surface area contributed by atoms with Crippen LogP contribution in [0.15, 0.2) is 0 Å².